The summed E-state index contributed by atoms with van der Waals surface area (Å²) in [5.74, 6) is 0.0933. The van der Waals surface area contributed by atoms with Crippen LogP contribution in [0.1, 0.15) is 39.5 Å². The van der Waals surface area contributed by atoms with Crippen molar-refractivity contribution in [2.24, 2.45) is 11.7 Å². The highest BCUT2D eigenvalue weighted by Gasteiger charge is 2.15. The summed E-state index contributed by atoms with van der Waals surface area (Å²) in [7, 11) is 0. The number of aldehydes is 1. The molecule has 0 aromatic carbocycles. The van der Waals surface area contributed by atoms with Crippen molar-refractivity contribution in [2.75, 3.05) is 6.61 Å². The van der Waals surface area contributed by atoms with Gasteiger partial charge in [-0.1, -0.05) is 6.92 Å². The molecule has 0 aromatic heterocycles. The van der Waals surface area contributed by atoms with Crippen LogP contribution in [0.25, 0.3) is 0 Å². The number of rotatable bonds is 8. The van der Waals surface area contributed by atoms with Crippen molar-refractivity contribution in [1.29, 1.82) is 0 Å². The summed E-state index contributed by atoms with van der Waals surface area (Å²) < 4.78 is 4.80. The summed E-state index contributed by atoms with van der Waals surface area (Å²) in [5.41, 5.74) is 5.64. The van der Waals surface area contributed by atoms with Gasteiger partial charge < -0.3 is 15.3 Å². The molecule has 0 rings (SSSR count). The number of esters is 1. The molecule has 88 valence electrons. The van der Waals surface area contributed by atoms with Gasteiger partial charge in [-0.2, -0.15) is 0 Å². The van der Waals surface area contributed by atoms with Crippen LogP contribution in [-0.2, 0) is 14.3 Å². The summed E-state index contributed by atoms with van der Waals surface area (Å²) >= 11 is 0. The molecule has 4 heteroatoms. The van der Waals surface area contributed by atoms with Gasteiger partial charge in [0.1, 0.15) is 12.3 Å². The van der Waals surface area contributed by atoms with Crippen LogP contribution in [0.15, 0.2) is 0 Å². The summed E-state index contributed by atoms with van der Waals surface area (Å²) in [4.78, 5) is 21.3. The molecule has 2 N–H and O–H groups in total. The molecule has 0 spiro atoms. The number of hydrogen-bond acceptors (Lipinski definition) is 4. The Kier molecular flexibility index (Phi) is 7.91. The monoisotopic (exact) mass is 215 g/mol. The summed E-state index contributed by atoms with van der Waals surface area (Å²) in [5, 5.41) is 0. The summed E-state index contributed by atoms with van der Waals surface area (Å²) in [6.07, 6.45) is 3.84. The van der Waals surface area contributed by atoms with E-state index in [1.807, 2.05) is 0 Å². The third-order valence-corrected chi connectivity index (χ3v) is 2.34. The maximum Gasteiger partial charge on any atom is 0.322 e. The Morgan fingerprint density at radius 1 is 1.40 bits per heavy atom. The van der Waals surface area contributed by atoms with Gasteiger partial charge in [-0.05, 0) is 32.1 Å². The lowest BCUT2D eigenvalue weighted by atomic mass is 9.98. The molecule has 0 saturated carbocycles. The highest BCUT2D eigenvalue weighted by molar-refractivity contribution is 5.75. The van der Waals surface area contributed by atoms with E-state index in [-0.39, 0.29) is 5.97 Å². The molecule has 0 radical (unpaired) electrons. The predicted molar refractivity (Wildman–Crippen MR) is 58.3 cm³/mol. The third-order valence-electron chi connectivity index (χ3n) is 2.34. The van der Waals surface area contributed by atoms with Crippen molar-refractivity contribution in [2.45, 2.75) is 45.6 Å². The molecule has 0 bridgehead atoms. The molecule has 0 aliphatic heterocycles. The summed E-state index contributed by atoms with van der Waals surface area (Å²) in [6, 6.07) is -0.524. The van der Waals surface area contributed by atoms with Gasteiger partial charge in [-0.15, -0.1) is 0 Å². The highest BCUT2D eigenvalue weighted by atomic mass is 16.5. The van der Waals surface area contributed by atoms with Crippen molar-refractivity contribution in [1.82, 2.24) is 0 Å². The van der Waals surface area contributed by atoms with Gasteiger partial charge >= 0.3 is 5.97 Å². The van der Waals surface area contributed by atoms with Gasteiger partial charge in [0.15, 0.2) is 0 Å². The molecule has 4 nitrogen and oxygen atoms in total. The first-order valence-electron chi connectivity index (χ1n) is 5.47. The standard InChI is InChI=1S/C11H21NO3/c1-3-15-11(14)10(12)7-6-9(2)5-4-8-13/h8-10H,3-7,12H2,1-2H3/t9-,10+/m1/s1. The number of nitrogens with two attached hydrogens (primary N) is 1. The van der Waals surface area contributed by atoms with E-state index < -0.39 is 6.04 Å². The molecule has 0 heterocycles. The van der Waals surface area contributed by atoms with Crippen LogP contribution in [0.3, 0.4) is 0 Å². The fraction of sp³-hybridized carbons (Fsp3) is 0.818. The first-order chi connectivity index (χ1) is 7.11. The van der Waals surface area contributed by atoms with Crippen LogP contribution in [0, 0.1) is 5.92 Å². The lowest BCUT2D eigenvalue weighted by Gasteiger charge is -2.13. The van der Waals surface area contributed by atoms with Crippen LogP contribution in [0.5, 0.6) is 0 Å². The minimum absolute atomic E-state index is 0.333. The Morgan fingerprint density at radius 2 is 2.07 bits per heavy atom. The SMILES string of the molecule is CCOC(=O)[C@@H](N)CC[C@H](C)CCC=O. The Labute approximate surface area is 91.2 Å². The van der Waals surface area contributed by atoms with Crippen molar-refractivity contribution in [3.05, 3.63) is 0 Å². The molecule has 0 saturated heterocycles. The lowest BCUT2D eigenvalue weighted by molar-refractivity contribution is -0.144. The first kappa shape index (κ1) is 14.1. The van der Waals surface area contributed by atoms with Gasteiger partial charge in [0, 0.05) is 6.42 Å². The maximum atomic E-state index is 11.2. The van der Waals surface area contributed by atoms with E-state index in [1.165, 1.54) is 0 Å². The van der Waals surface area contributed by atoms with E-state index >= 15 is 0 Å². The molecule has 0 unspecified atom stereocenters. The average Bonchev–Trinajstić information content (AvgIpc) is 2.23. The second kappa shape index (κ2) is 8.41. The normalized spacial score (nSPS) is 14.3. The Bertz CT molecular complexity index is 194. The quantitative estimate of drug-likeness (QED) is 0.489. The molecule has 0 aliphatic carbocycles. The smallest absolute Gasteiger partial charge is 0.322 e. The van der Waals surface area contributed by atoms with Gasteiger partial charge in [0.2, 0.25) is 0 Å². The highest BCUT2D eigenvalue weighted by Crippen LogP contribution is 2.13. The van der Waals surface area contributed by atoms with Crippen molar-refractivity contribution in [3.8, 4) is 0 Å². The second-order valence-corrected chi connectivity index (χ2v) is 3.79. The minimum Gasteiger partial charge on any atom is -0.465 e. The van der Waals surface area contributed by atoms with E-state index in [4.69, 9.17) is 10.5 Å². The van der Waals surface area contributed by atoms with Crippen molar-refractivity contribution >= 4 is 12.3 Å². The molecule has 2 atom stereocenters. The van der Waals surface area contributed by atoms with Crippen molar-refractivity contribution in [3.63, 3.8) is 0 Å². The van der Waals surface area contributed by atoms with Crippen molar-refractivity contribution < 1.29 is 14.3 Å². The molecule has 0 amide bonds. The number of hydrogen-bond donors (Lipinski definition) is 1. The molecular weight excluding hydrogens is 194 g/mol. The van der Waals surface area contributed by atoms with Crippen LogP contribution in [0.4, 0.5) is 0 Å². The Hall–Kier alpha value is -0.900. The van der Waals surface area contributed by atoms with Crippen LogP contribution in [-0.4, -0.2) is 24.9 Å². The van der Waals surface area contributed by atoms with Crippen LogP contribution >= 0.6 is 0 Å². The van der Waals surface area contributed by atoms with Gasteiger partial charge in [0.25, 0.3) is 0 Å². The molecule has 15 heavy (non-hydrogen) atoms. The van der Waals surface area contributed by atoms with Crippen LogP contribution < -0.4 is 5.73 Å². The van der Waals surface area contributed by atoms with E-state index in [2.05, 4.69) is 6.92 Å². The lowest BCUT2D eigenvalue weighted by Crippen LogP contribution is -2.32. The average molecular weight is 215 g/mol. The topological polar surface area (TPSA) is 69.4 Å². The zero-order valence-electron chi connectivity index (χ0n) is 9.57. The van der Waals surface area contributed by atoms with E-state index in [0.29, 0.717) is 25.4 Å². The van der Waals surface area contributed by atoms with E-state index in [0.717, 1.165) is 19.1 Å². The third kappa shape index (κ3) is 7.08. The minimum atomic E-state index is -0.524. The predicted octanol–water partition coefficient (Wildman–Crippen LogP) is 1.27. The number of carbonyl (C=O) groups excluding carboxylic acids is 2. The fourth-order valence-electron chi connectivity index (χ4n) is 1.33. The zero-order chi connectivity index (χ0) is 11.7. The van der Waals surface area contributed by atoms with E-state index in [9.17, 15) is 9.59 Å². The fourth-order valence-corrected chi connectivity index (χ4v) is 1.33. The second-order valence-electron chi connectivity index (χ2n) is 3.79. The molecule has 0 aliphatic rings. The molecule has 0 aromatic rings. The van der Waals surface area contributed by atoms with E-state index in [1.54, 1.807) is 6.92 Å². The number of ether oxygens (including phenoxy) is 1. The molecule has 0 fully saturated rings. The summed E-state index contributed by atoms with van der Waals surface area (Å²) in [6.45, 7) is 4.19. The Morgan fingerprint density at radius 3 is 2.60 bits per heavy atom. The zero-order valence-corrected chi connectivity index (χ0v) is 9.57. The first-order valence-corrected chi connectivity index (χ1v) is 5.47. The Balaban J connectivity index is 3.64. The van der Waals surface area contributed by atoms with Gasteiger partial charge in [-0.25, -0.2) is 0 Å². The van der Waals surface area contributed by atoms with Gasteiger partial charge in [0.05, 0.1) is 6.61 Å². The van der Waals surface area contributed by atoms with Crippen LogP contribution in [0.2, 0.25) is 0 Å². The molecular formula is C11H21NO3. The maximum absolute atomic E-state index is 11.2. The number of carbonyl (C=O) groups is 2. The van der Waals surface area contributed by atoms with Gasteiger partial charge in [-0.3, -0.25) is 4.79 Å². The largest absolute Gasteiger partial charge is 0.465 e.